The largest absolute Gasteiger partial charge is 0.242 e. The van der Waals surface area contributed by atoms with Crippen LogP contribution in [-0.2, 0) is 26.4 Å². The highest BCUT2D eigenvalue weighted by molar-refractivity contribution is 7.93. The second-order valence-electron chi connectivity index (χ2n) is 5.03. The molecule has 0 bridgehead atoms. The van der Waals surface area contributed by atoms with Crippen molar-refractivity contribution in [1.29, 1.82) is 0 Å². The molecule has 0 unspecified atom stereocenters. The standard InChI is InChI=1S/C15H17NO4S2/c1-12-7-9-13(10-8-12)11-16-22(19,20)15-6-4-3-5-14(15)21(2,17)18/h3-10,16H,11H2,1-2H3. The Morgan fingerprint density at radius 3 is 1.95 bits per heavy atom. The molecule has 1 N–H and O–H groups in total. The van der Waals surface area contributed by atoms with Crippen LogP contribution in [0.2, 0.25) is 0 Å². The van der Waals surface area contributed by atoms with Crippen molar-refractivity contribution in [2.45, 2.75) is 23.3 Å². The summed E-state index contributed by atoms with van der Waals surface area (Å²) in [7, 11) is -7.54. The van der Waals surface area contributed by atoms with Gasteiger partial charge in [-0.05, 0) is 24.6 Å². The number of hydrogen-bond donors (Lipinski definition) is 1. The molecule has 22 heavy (non-hydrogen) atoms. The molecule has 7 heteroatoms. The quantitative estimate of drug-likeness (QED) is 0.902. The zero-order valence-electron chi connectivity index (χ0n) is 12.3. The van der Waals surface area contributed by atoms with Gasteiger partial charge in [0.15, 0.2) is 9.84 Å². The lowest BCUT2D eigenvalue weighted by molar-refractivity contribution is 0.574. The first kappa shape index (κ1) is 16.7. The lowest BCUT2D eigenvalue weighted by atomic mass is 10.2. The minimum atomic E-state index is -3.91. The summed E-state index contributed by atoms with van der Waals surface area (Å²) < 4.78 is 50.6. The van der Waals surface area contributed by atoms with Crippen LogP contribution >= 0.6 is 0 Å². The molecule has 0 radical (unpaired) electrons. The number of benzene rings is 2. The molecule has 0 aromatic heterocycles. The second kappa shape index (κ2) is 6.20. The first-order chi connectivity index (χ1) is 10.2. The van der Waals surface area contributed by atoms with Crippen molar-refractivity contribution in [3.63, 3.8) is 0 Å². The molecule has 2 aromatic rings. The van der Waals surface area contributed by atoms with E-state index >= 15 is 0 Å². The van der Waals surface area contributed by atoms with E-state index in [0.717, 1.165) is 17.4 Å². The zero-order valence-corrected chi connectivity index (χ0v) is 13.9. The topological polar surface area (TPSA) is 80.3 Å². The van der Waals surface area contributed by atoms with Gasteiger partial charge in [-0.2, -0.15) is 0 Å². The summed E-state index contributed by atoms with van der Waals surface area (Å²) in [5.41, 5.74) is 1.88. The van der Waals surface area contributed by atoms with Crippen LogP contribution in [-0.4, -0.2) is 23.1 Å². The summed E-state index contributed by atoms with van der Waals surface area (Å²) in [6.45, 7) is 2.04. The Bertz CT molecular complexity index is 870. The van der Waals surface area contributed by atoms with E-state index in [2.05, 4.69) is 4.72 Å². The minimum Gasteiger partial charge on any atom is -0.224 e. The highest BCUT2D eigenvalue weighted by Crippen LogP contribution is 2.20. The van der Waals surface area contributed by atoms with Crippen LogP contribution in [0.5, 0.6) is 0 Å². The van der Waals surface area contributed by atoms with E-state index in [4.69, 9.17) is 0 Å². The Labute approximate surface area is 131 Å². The Morgan fingerprint density at radius 1 is 0.864 bits per heavy atom. The molecule has 0 aliphatic carbocycles. The van der Waals surface area contributed by atoms with Crippen molar-refractivity contribution in [2.24, 2.45) is 0 Å². The van der Waals surface area contributed by atoms with Crippen LogP contribution in [0.15, 0.2) is 58.3 Å². The summed E-state index contributed by atoms with van der Waals surface area (Å²) in [6, 6.07) is 13.0. The fourth-order valence-electron chi connectivity index (χ4n) is 1.94. The smallest absolute Gasteiger partial charge is 0.224 e. The van der Waals surface area contributed by atoms with E-state index in [-0.39, 0.29) is 16.3 Å². The van der Waals surface area contributed by atoms with E-state index in [1.165, 1.54) is 24.3 Å². The van der Waals surface area contributed by atoms with Gasteiger partial charge in [0.2, 0.25) is 10.0 Å². The van der Waals surface area contributed by atoms with Crippen LogP contribution in [0.4, 0.5) is 0 Å². The molecule has 0 fully saturated rings. The van der Waals surface area contributed by atoms with Crippen LogP contribution in [0.3, 0.4) is 0 Å². The van der Waals surface area contributed by atoms with E-state index in [1.54, 1.807) is 0 Å². The van der Waals surface area contributed by atoms with E-state index in [9.17, 15) is 16.8 Å². The molecule has 0 atom stereocenters. The summed E-state index contributed by atoms with van der Waals surface area (Å²) in [5.74, 6) is 0. The Balaban J connectivity index is 2.30. The van der Waals surface area contributed by atoms with Gasteiger partial charge >= 0.3 is 0 Å². The monoisotopic (exact) mass is 339 g/mol. The number of sulfone groups is 1. The Morgan fingerprint density at radius 2 is 1.41 bits per heavy atom. The van der Waals surface area contributed by atoms with Gasteiger partial charge in [0.1, 0.15) is 4.90 Å². The maximum absolute atomic E-state index is 12.4. The third-order valence-corrected chi connectivity index (χ3v) is 5.87. The van der Waals surface area contributed by atoms with E-state index in [0.29, 0.717) is 0 Å². The molecule has 118 valence electrons. The fourth-order valence-corrected chi connectivity index (χ4v) is 4.59. The average Bonchev–Trinajstić information content (AvgIpc) is 2.46. The number of sulfonamides is 1. The second-order valence-corrected chi connectivity index (χ2v) is 8.75. The molecule has 0 aliphatic heterocycles. The first-order valence-electron chi connectivity index (χ1n) is 6.54. The van der Waals surface area contributed by atoms with Crippen molar-refractivity contribution < 1.29 is 16.8 Å². The van der Waals surface area contributed by atoms with Gasteiger partial charge in [-0.1, -0.05) is 42.0 Å². The third-order valence-electron chi connectivity index (χ3n) is 3.13. The highest BCUT2D eigenvalue weighted by Gasteiger charge is 2.23. The summed E-state index contributed by atoms with van der Waals surface area (Å²) in [4.78, 5) is -0.434. The molecule has 2 rings (SSSR count). The lowest BCUT2D eigenvalue weighted by Crippen LogP contribution is -2.25. The van der Waals surface area contributed by atoms with Gasteiger partial charge in [0.05, 0.1) is 4.90 Å². The molecule has 0 heterocycles. The van der Waals surface area contributed by atoms with Gasteiger partial charge in [-0.25, -0.2) is 21.6 Å². The molecule has 0 amide bonds. The lowest BCUT2D eigenvalue weighted by Gasteiger charge is -2.10. The van der Waals surface area contributed by atoms with Gasteiger partial charge in [-0.3, -0.25) is 0 Å². The highest BCUT2D eigenvalue weighted by atomic mass is 32.2. The van der Waals surface area contributed by atoms with Crippen molar-refractivity contribution in [2.75, 3.05) is 6.26 Å². The number of aryl methyl sites for hydroxylation is 1. The Kier molecular flexibility index (Phi) is 4.69. The van der Waals surface area contributed by atoms with Crippen molar-refractivity contribution in [1.82, 2.24) is 4.72 Å². The number of nitrogens with one attached hydrogen (secondary N) is 1. The maximum atomic E-state index is 12.4. The van der Waals surface area contributed by atoms with Gasteiger partial charge < -0.3 is 0 Å². The van der Waals surface area contributed by atoms with Gasteiger partial charge in [0, 0.05) is 12.8 Å². The van der Waals surface area contributed by atoms with E-state index in [1.807, 2.05) is 31.2 Å². The van der Waals surface area contributed by atoms with Gasteiger partial charge in [-0.15, -0.1) is 0 Å². The van der Waals surface area contributed by atoms with Crippen LogP contribution in [0.1, 0.15) is 11.1 Å². The molecular weight excluding hydrogens is 322 g/mol. The van der Waals surface area contributed by atoms with Crippen molar-refractivity contribution in [3.05, 3.63) is 59.7 Å². The zero-order chi connectivity index (χ0) is 16.4. The van der Waals surface area contributed by atoms with Crippen LogP contribution in [0.25, 0.3) is 0 Å². The first-order valence-corrected chi connectivity index (χ1v) is 9.92. The number of hydrogen-bond acceptors (Lipinski definition) is 4. The Hall–Kier alpha value is -1.70. The van der Waals surface area contributed by atoms with E-state index < -0.39 is 19.9 Å². The minimum absolute atomic E-state index is 0.0979. The third kappa shape index (κ3) is 3.94. The summed E-state index contributed by atoms with van der Waals surface area (Å²) in [5, 5.41) is 0. The number of rotatable bonds is 5. The molecule has 2 aromatic carbocycles. The maximum Gasteiger partial charge on any atom is 0.242 e. The molecule has 5 nitrogen and oxygen atoms in total. The van der Waals surface area contributed by atoms with Gasteiger partial charge in [0.25, 0.3) is 0 Å². The molecular formula is C15H17NO4S2. The molecule has 0 aliphatic rings. The summed E-state index contributed by atoms with van der Waals surface area (Å²) in [6.07, 6.45) is 0.987. The van der Waals surface area contributed by atoms with Crippen LogP contribution < -0.4 is 4.72 Å². The predicted molar refractivity (Wildman–Crippen MR) is 84.8 cm³/mol. The van der Waals surface area contributed by atoms with Crippen molar-refractivity contribution in [3.8, 4) is 0 Å². The van der Waals surface area contributed by atoms with Crippen LogP contribution in [0, 0.1) is 6.92 Å². The molecule has 0 spiro atoms. The fraction of sp³-hybridized carbons (Fsp3) is 0.200. The molecule has 0 saturated carbocycles. The normalized spacial score (nSPS) is 12.3. The molecule has 0 saturated heterocycles. The predicted octanol–water partition coefficient (Wildman–Crippen LogP) is 1.88. The SMILES string of the molecule is Cc1ccc(CNS(=O)(=O)c2ccccc2S(C)(=O)=O)cc1. The summed E-state index contributed by atoms with van der Waals surface area (Å²) >= 11 is 0. The average molecular weight is 339 g/mol. The van der Waals surface area contributed by atoms with Crippen molar-refractivity contribution >= 4 is 19.9 Å².